The number of alkyl halides is 2. The van der Waals surface area contributed by atoms with E-state index in [0.717, 1.165) is 5.56 Å². The minimum Gasteiger partial charge on any atom is -0.487 e. The summed E-state index contributed by atoms with van der Waals surface area (Å²) in [6, 6.07) is 4.98. The first-order chi connectivity index (χ1) is 9.02. The molecule has 0 spiro atoms. The molecule has 0 saturated carbocycles. The number of hydrogen-bond acceptors (Lipinski definition) is 3. The maximum Gasteiger partial charge on any atom is 0.272 e. The lowest BCUT2D eigenvalue weighted by atomic mass is 10.2. The summed E-state index contributed by atoms with van der Waals surface area (Å²) in [6.07, 6.45) is -2.18. The fourth-order valence-corrected chi connectivity index (χ4v) is 1.45. The van der Waals surface area contributed by atoms with Gasteiger partial charge in [0.05, 0.1) is 0 Å². The van der Waals surface area contributed by atoms with Gasteiger partial charge in [0.25, 0.3) is 6.43 Å². The number of aryl methyl sites for hydroxylation is 1. The third kappa shape index (κ3) is 5.65. The van der Waals surface area contributed by atoms with E-state index in [1.165, 1.54) is 0 Å². The molecule has 0 aliphatic rings. The third-order valence-electron chi connectivity index (χ3n) is 2.44. The first-order valence-electron chi connectivity index (χ1n) is 5.99. The van der Waals surface area contributed by atoms with E-state index in [-0.39, 0.29) is 5.91 Å². The highest BCUT2D eigenvalue weighted by Crippen LogP contribution is 2.23. The molecule has 6 heteroatoms. The predicted molar refractivity (Wildman–Crippen MR) is 69.9 cm³/mol. The topological polar surface area (TPSA) is 50.4 Å². The molecule has 0 fully saturated rings. The second-order valence-corrected chi connectivity index (χ2v) is 4.08. The van der Waals surface area contributed by atoms with Crippen molar-refractivity contribution in [1.29, 1.82) is 0 Å². The fraction of sp³-hybridized carbons (Fsp3) is 0.462. The minimum absolute atomic E-state index is 0.141. The van der Waals surface area contributed by atoms with Gasteiger partial charge in [0, 0.05) is 24.7 Å². The number of rotatable bonds is 7. The number of anilines is 1. The molecule has 1 aromatic carbocycles. The molecule has 2 N–H and O–H groups in total. The molecule has 0 atom stereocenters. The number of halogens is 2. The Morgan fingerprint density at radius 1 is 1.42 bits per heavy atom. The SMILES string of the molecule is CNCCC(=O)Nc1ccc(C)c(OCC(F)F)c1. The quantitative estimate of drug-likeness (QED) is 0.800. The summed E-state index contributed by atoms with van der Waals surface area (Å²) in [4.78, 5) is 11.5. The van der Waals surface area contributed by atoms with Gasteiger partial charge in [0.2, 0.25) is 5.91 Å². The van der Waals surface area contributed by atoms with Crippen LogP contribution in [-0.4, -0.2) is 32.5 Å². The highest BCUT2D eigenvalue weighted by Gasteiger charge is 2.08. The van der Waals surface area contributed by atoms with E-state index < -0.39 is 13.0 Å². The van der Waals surface area contributed by atoms with Gasteiger partial charge in [0.1, 0.15) is 12.4 Å². The monoisotopic (exact) mass is 272 g/mol. The van der Waals surface area contributed by atoms with Crippen molar-refractivity contribution in [2.75, 3.05) is 25.5 Å². The van der Waals surface area contributed by atoms with Gasteiger partial charge in [-0.25, -0.2) is 8.78 Å². The van der Waals surface area contributed by atoms with Gasteiger partial charge in [-0.15, -0.1) is 0 Å². The molecular weight excluding hydrogens is 254 g/mol. The number of carbonyl (C=O) groups excluding carboxylic acids is 1. The number of amides is 1. The Balaban J connectivity index is 2.64. The summed E-state index contributed by atoms with van der Waals surface area (Å²) in [7, 11) is 1.76. The third-order valence-corrected chi connectivity index (χ3v) is 2.44. The molecule has 0 bridgehead atoms. The summed E-state index contributed by atoms with van der Waals surface area (Å²) < 4.78 is 29.2. The van der Waals surface area contributed by atoms with Crippen molar-refractivity contribution in [2.45, 2.75) is 19.8 Å². The van der Waals surface area contributed by atoms with Crippen LogP contribution in [0, 0.1) is 6.92 Å². The van der Waals surface area contributed by atoms with Crippen LogP contribution >= 0.6 is 0 Å². The van der Waals surface area contributed by atoms with Gasteiger partial charge in [-0.2, -0.15) is 0 Å². The molecule has 19 heavy (non-hydrogen) atoms. The van der Waals surface area contributed by atoms with Gasteiger partial charge in [-0.3, -0.25) is 4.79 Å². The highest BCUT2D eigenvalue weighted by molar-refractivity contribution is 5.91. The Labute approximate surface area is 111 Å². The van der Waals surface area contributed by atoms with Crippen molar-refractivity contribution in [1.82, 2.24) is 5.32 Å². The second-order valence-electron chi connectivity index (χ2n) is 4.08. The van der Waals surface area contributed by atoms with Crippen LogP contribution in [0.2, 0.25) is 0 Å². The lowest BCUT2D eigenvalue weighted by molar-refractivity contribution is -0.116. The predicted octanol–water partition coefficient (Wildman–Crippen LogP) is 2.19. The summed E-state index contributed by atoms with van der Waals surface area (Å²) in [6.45, 7) is 1.68. The van der Waals surface area contributed by atoms with Crippen LogP contribution in [0.25, 0.3) is 0 Å². The zero-order valence-electron chi connectivity index (χ0n) is 11.0. The second kappa shape index (κ2) is 7.68. The molecular formula is C13H18F2N2O2. The van der Waals surface area contributed by atoms with Gasteiger partial charge in [-0.1, -0.05) is 6.07 Å². The number of benzene rings is 1. The fourth-order valence-electron chi connectivity index (χ4n) is 1.45. The maximum absolute atomic E-state index is 12.1. The van der Waals surface area contributed by atoms with Gasteiger partial charge in [0.15, 0.2) is 0 Å². The van der Waals surface area contributed by atoms with E-state index in [0.29, 0.717) is 24.4 Å². The first kappa shape index (κ1) is 15.4. The van der Waals surface area contributed by atoms with Crippen molar-refractivity contribution in [3.63, 3.8) is 0 Å². The normalized spacial score (nSPS) is 10.6. The van der Waals surface area contributed by atoms with Crippen LogP contribution < -0.4 is 15.4 Å². The lowest BCUT2D eigenvalue weighted by Crippen LogP contribution is -2.18. The molecule has 0 aromatic heterocycles. The van der Waals surface area contributed by atoms with E-state index in [9.17, 15) is 13.6 Å². The van der Waals surface area contributed by atoms with Crippen LogP contribution in [0.4, 0.5) is 14.5 Å². The maximum atomic E-state index is 12.1. The molecule has 0 aliphatic heterocycles. The summed E-state index contributed by atoms with van der Waals surface area (Å²) in [5.74, 6) is 0.213. The Bertz CT molecular complexity index is 425. The number of nitrogens with one attached hydrogen (secondary N) is 2. The molecule has 1 aromatic rings. The molecule has 0 unspecified atom stereocenters. The van der Waals surface area contributed by atoms with Gasteiger partial charge in [-0.05, 0) is 25.6 Å². The van der Waals surface area contributed by atoms with Crippen molar-refractivity contribution in [3.05, 3.63) is 23.8 Å². The smallest absolute Gasteiger partial charge is 0.272 e. The Kier molecular flexibility index (Phi) is 6.21. The van der Waals surface area contributed by atoms with E-state index in [1.807, 2.05) is 0 Å². The van der Waals surface area contributed by atoms with Crippen LogP contribution in [0.3, 0.4) is 0 Å². The molecule has 0 aliphatic carbocycles. The van der Waals surface area contributed by atoms with Crippen molar-refractivity contribution >= 4 is 11.6 Å². The summed E-state index contributed by atoms with van der Waals surface area (Å²) in [5, 5.41) is 5.55. The van der Waals surface area contributed by atoms with Crippen LogP contribution in [0.15, 0.2) is 18.2 Å². The molecule has 106 valence electrons. The molecule has 0 radical (unpaired) electrons. The number of ether oxygens (including phenoxy) is 1. The van der Waals surface area contributed by atoms with Crippen LogP contribution in [0.1, 0.15) is 12.0 Å². The van der Waals surface area contributed by atoms with Gasteiger partial charge < -0.3 is 15.4 Å². The first-order valence-corrected chi connectivity index (χ1v) is 5.99. The zero-order chi connectivity index (χ0) is 14.3. The average Bonchev–Trinajstić information content (AvgIpc) is 2.37. The van der Waals surface area contributed by atoms with Crippen LogP contribution in [0.5, 0.6) is 5.75 Å². The molecule has 4 nitrogen and oxygen atoms in total. The Hall–Kier alpha value is -1.69. The van der Waals surface area contributed by atoms with E-state index in [1.54, 1.807) is 32.2 Å². The van der Waals surface area contributed by atoms with Gasteiger partial charge >= 0.3 is 0 Å². The van der Waals surface area contributed by atoms with Crippen molar-refractivity contribution < 1.29 is 18.3 Å². The van der Waals surface area contributed by atoms with E-state index >= 15 is 0 Å². The molecule has 1 rings (SSSR count). The lowest BCUT2D eigenvalue weighted by Gasteiger charge is -2.11. The Morgan fingerprint density at radius 3 is 2.79 bits per heavy atom. The van der Waals surface area contributed by atoms with Crippen molar-refractivity contribution in [3.8, 4) is 5.75 Å². The largest absolute Gasteiger partial charge is 0.487 e. The average molecular weight is 272 g/mol. The zero-order valence-corrected chi connectivity index (χ0v) is 11.0. The summed E-state index contributed by atoms with van der Waals surface area (Å²) >= 11 is 0. The van der Waals surface area contributed by atoms with Crippen molar-refractivity contribution in [2.24, 2.45) is 0 Å². The Morgan fingerprint density at radius 2 is 2.16 bits per heavy atom. The standard InChI is InChI=1S/C13H18F2N2O2/c1-9-3-4-10(17-13(18)5-6-16-2)7-11(9)19-8-12(14)15/h3-4,7,12,16H,5-6,8H2,1-2H3,(H,17,18). The molecule has 0 heterocycles. The minimum atomic E-state index is -2.52. The summed E-state index contributed by atoms with van der Waals surface area (Å²) in [5.41, 5.74) is 1.28. The van der Waals surface area contributed by atoms with E-state index in [4.69, 9.17) is 4.74 Å². The highest BCUT2D eigenvalue weighted by atomic mass is 19.3. The molecule has 0 saturated heterocycles. The molecule has 1 amide bonds. The van der Waals surface area contributed by atoms with E-state index in [2.05, 4.69) is 10.6 Å². The van der Waals surface area contributed by atoms with Crippen LogP contribution in [-0.2, 0) is 4.79 Å². The number of carbonyl (C=O) groups is 1. The number of hydrogen-bond donors (Lipinski definition) is 2.